The second-order valence-corrected chi connectivity index (χ2v) is 6.24. The van der Waals surface area contributed by atoms with Crippen LogP contribution in [-0.2, 0) is 4.79 Å². The van der Waals surface area contributed by atoms with E-state index in [0.29, 0.717) is 18.3 Å². The Balaban J connectivity index is 1.74. The number of fused-ring (bicyclic) bond motifs is 1. The molecule has 5 nitrogen and oxygen atoms in total. The molecule has 0 aliphatic carbocycles. The van der Waals surface area contributed by atoms with Crippen molar-refractivity contribution in [2.75, 3.05) is 18.8 Å². The van der Waals surface area contributed by atoms with Crippen molar-refractivity contribution in [1.82, 2.24) is 14.9 Å². The smallest absolute Gasteiger partial charge is 0.222 e. The Morgan fingerprint density at radius 3 is 2.74 bits per heavy atom. The van der Waals surface area contributed by atoms with E-state index in [-0.39, 0.29) is 5.91 Å². The Bertz CT molecular complexity index is 692. The number of nitrogens with two attached hydrogens (primary N) is 1. The monoisotopic (exact) mass is 312 g/mol. The fourth-order valence-electron chi connectivity index (χ4n) is 3.32. The highest BCUT2D eigenvalue weighted by atomic mass is 16.2. The van der Waals surface area contributed by atoms with Crippen molar-refractivity contribution in [3.63, 3.8) is 0 Å². The van der Waals surface area contributed by atoms with Gasteiger partial charge in [0, 0.05) is 30.8 Å². The van der Waals surface area contributed by atoms with E-state index >= 15 is 0 Å². The van der Waals surface area contributed by atoms with Gasteiger partial charge in [0.15, 0.2) is 0 Å². The van der Waals surface area contributed by atoms with E-state index in [9.17, 15) is 4.79 Å². The maximum absolute atomic E-state index is 12.1. The van der Waals surface area contributed by atoms with Gasteiger partial charge in [0.25, 0.3) is 0 Å². The summed E-state index contributed by atoms with van der Waals surface area (Å²) in [6.45, 7) is 3.74. The number of nitrogens with zero attached hydrogens (tertiary/aromatic N) is 3. The topological polar surface area (TPSA) is 72.1 Å². The molecule has 1 fully saturated rings. The number of benzene rings is 1. The summed E-state index contributed by atoms with van der Waals surface area (Å²) in [7, 11) is 0. The number of carbonyl (C=O) groups is 1. The number of anilines is 1. The van der Waals surface area contributed by atoms with Crippen molar-refractivity contribution < 1.29 is 4.79 Å². The first-order chi connectivity index (χ1) is 11.2. The molecular formula is C18H24N4O. The molecule has 3 rings (SSSR count). The third-order valence-electron chi connectivity index (χ3n) is 4.63. The van der Waals surface area contributed by atoms with E-state index < -0.39 is 0 Å². The quantitative estimate of drug-likeness (QED) is 0.941. The summed E-state index contributed by atoms with van der Waals surface area (Å²) in [6.07, 6.45) is 4.60. The lowest BCUT2D eigenvalue weighted by atomic mass is 9.91. The minimum Gasteiger partial charge on any atom is -0.368 e. The average Bonchev–Trinajstić information content (AvgIpc) is 2.59. The predicted molar refractivity (Wildman–Crippen MR) is 92.0 cm³/mol. The van der Waals surface area contributed by atoms with Crippen LogP contribution in [0.4, 0.5) is 5.95 Å². The first-order valence-electron chi connectivity index (χ1n) is 8.49. The molecule has 122 valence electrons. The minimum atomic E-state index is 0.289. The maximum Gasteiger partial charge on any atom is 0.222 e. The molecule has 0 saturated carbocycles. The Morgan fingerprint density at radius 2 is 2.00 bits per heavy atom. The first-order valence-corrected chi connectivity index (χ1v) is 8.49. The minimum absolute atomic E-state index is 0.289. The molecule has 2 aromatic rings. The summed E-state index contributed by atoms with van der Waals surface area (Å²) in [5.74, 6) is 0.970. The lowest BCUT2D eigenvalue weighted by Crippen LogP contribution is -2.38. The van der Waals surface area contributed by atoms with Crippen molar-refractivity contribution in [2.24, 2.45) is 0 Å². The van der Waals surface area contributed by atoms with E-state index in [1.54, 1.807) is 0 Å². The van der Waals surface area contributed by atoms with Crippen LogP contribution in [0.2, 0.25) is 0 Å². The summed E-state index contributed by atoms with van der Waals surface area (Å²) in [6, 6.07) is 8.01. The van der Waals surface area contributed by atoms with Crippen LogP contribution in [0.5, 0.6) is 0 Å². The lowest BCUT2D eigenvalue weighted by Gasteiger charge is -2.32. The molecule has 0 unspecified atom stereocenters. The number of nitrogen functional groups attached to an aromatic ring is 1. The fraction of sp³-hybridized carbons (Fsp3) is 0.500. The Morgan fingerprint density at radius 1 is 1.26 bits per heavy atom. The summed E-state index contributed by atoms with van der Waals surface area (Å²) in [4.78, 5) is 23.0. The molecule has 1 amide bonds. The van der Waals surface area contributed by atoms with Gasteiger partial charge >= 0.3 is 0 Å². The van der Waals surface area contributed by atoms with Gasteiger partial charge in [0.05, 0.1) is 11.2 Å². The SMILES string of the molecule is CCCCC(=O)N1CCC(c2nc(N)nc3ccccc23)CC1. The lowest BCUT2D eigenvalue weighted by molar-refractivity contribution is -0.132. The number of hydrogen-bond acceptors (Lipinski definition) is 4. The number of hydrogen-bond donors (Lipinski definition) is 1. The van der Waals surface area contributed by atoms with Gasteiger partial charge < -0.3 is 10.6 Å². The number of piperidine rings is 1. The van der Waals surface area contributed by atoms with Crippen molar-refractivity contribution in [3.8, 4) is 0 Å². The second-order valence-electron chi connectivity index (χ2n) is 6.24. The van der Waals surface area contributed by atoms with Gasteiger partial charge in [-0.25, -0.2) is 9.97 Å². The van der Waals surface area contributed by atoms with Gasteiger partial charge in [0.1, 0.15) is 0 Å². The number of para-hydroxylation sites is 1. The molecule has 1 aromatic carbocycles. The summed E-state index contributed by atoms with van der Waals surface area (Å²) in [5, 5.41) is 1.08. The molecule has 1 aliphatic rings. The Hall–Kier alpha value is -2.17. The van der Waals surface area contributed by atoms with E-state index in [1.165, 1.54) is 0 Å². The third-order valence-corrected chi connectivity index (χ3v) is 4.63. The zero-order valence-electron chi connectivity index (χ0n) is 13.7. The van der Waals surface area contributed by atoms with Crippen molar-refractivity contribution in [3.05, 3.63) is 30.0 Å². The van der Waals surface area contributed by atoms with Crippen molar-refractivity contribution in [2.45, 2.75) is 44.9 Å². The molecule has 1 aromatic heterocycles. The van der Waals surface area contributed by atoms with E-state index in [4.69, 9.17) is 5.73 Å². The second kappa shape index (κ2) is 6.94. The van der Waals surface area contributed by atoms with Crippen LogP contribution in [0, 0.1) is 0 Å². The van der Waals surface area contributed by atoms with Crippen LogP contribution in [-0.4, -0.2) is 33.9 Å². The van der Waals surface area contributed by atoms with Crippen molar-refractivity contribution in [1.29, 1.82) is 0 Å². The molecule has 0 radical (unpaired) electrons. The summed E-state index contributed by atoms with van der Waals surface area (Å²) in [5.41, 5.74) is 7.81. The number of likely N-dealkylation sites (tertiary alicyclic amines) is 1. The van der Waals surface area contributed by atoms with E-state index in [1.807, 2.05) is 23.1 Å². The van der Waals surface area contributed by atoms with Crippen LogP contribution in [0.1, 0.15) is 50.6 Å². The van der Waals surface area contributed by atoms with Gasteiger partial charge in [-0.15, -0.1) is 0 Å². The highest BCUT2D eigenvalue weighted by Crippen LogP contribution is 2.31. The normalized spacial score (nSPS) is 16.0. The molecule has 0 spiro atoms. The zero-order chi connectivity index (χ0) is 16.2. The van der Waals surface area contributed by atoms with E-state index in [2.05, 4.69) is 23.0 Å². The number of carbonyl (C=O) groups excluding carboxylic acids is 1. The summed E-state index contributed by atoms with van der Waals surface area (Å²) < 4.78 is 0. The van der Waals surface area contributed by atoms with Crippen LogP contribution >= 0.6 is 0 Å². The van der Waals surface area contributed by atoms with Crippen LogP contribution in [0.25, 0.3) is 10.9 Å². The van der Waals surface area contributed by atoms with Crippen LogP contribution in [0.3, 0.4) is 0 Å². The number of unbranched alkanes of at least 4 members (excludes halogenated alkanes) is 1. The molecule has 0 atom stereocenters. The fourth-order valence-corrected chi connectivity index (χ4v) is 3.32. The maximum atomic E-state index is 12.1. The van der Waals surface area contributed by atoms with Gasteiger partial charge in [-0.1, -0.05) is 31.5 Å². The molecule has 0 bridgehead atoms. The largest absolute Gasteiger partial charge is 0.368 e. The number of rotatable bonds is 4. The molecule has 2 heterocycles. The number of amides is 1. The number of aromatic nitrogens is 2. The Labute approximate surface area is 136 Å². The molecule has 23 heavy (non-hydrogen) atoms. The molecule has 2 N–H and O–H groups in total. The molecule has 1 saturated heterocycles. The van der Waals surface area contributed by atoms with Crippen LogP contribution in [0.15, 0.2) is 24.3 Å². The summed E-state index contributed by atoms with van der Waals surface area (Å²) >= 11 is 0. The average molecular weight is 312 g/mol. The van der Waals surface area contributed by atoms with Crippen molar-refractivity contribution >= 4 is 22.8 Å². The molecule has 1 aliphatic heterocycles. The highest BCUT2D eigenvalue weighted by molar-refractivity contribution is 5.82. The van der Waals surface area contributed by atoms with Gasteiger partial charge in [-0.3, -0.25) is 4.79 Å². The highest BCUT2D eigenvalue weighted by Gasteiger charge is 2.25. The third kappa shape index (κ3) is 3.44. The van der Waals surface area contributed by atoms with Gasteiger partial charge in [-0.2, -0.15) is 0 Å². The molecular weight excluding hydrogens is 288 g/mol. The standard InChI is InChI=1S/C18H24N4O/c1-2-3-8-16(23)22-11-9-13(10-12-22)17-14-6-4-5-7-15(14)20-18(19)21-17/h4-7,13H,2-3,8-12H2,1H3,(H2,19,20,21). The first kappa shape index (κ1) is 15.7. The Kier molecular flexibility index (Phi) is 4.74. The predicted octanol–water partition coefficient (Wildman–Crippen LogP) is 3.11. The zero-order valence-corrected chi connectivity index (χ0v) is 13.7. The van der Waals surface area contributed by atoms with Gasteiger partial charge in [0.2, 0.25) is 11.9 Å². The van der Waals surface area contributed by atoms with Gasteiger partial charge in [-0.05, 0) is 25.3 Å². The van der Waals surface area contributed by atoms with Crippen LogP contribution < -0.4 is 5.73 Å². The van der Waals surface area contributed by atoms with E-state index in [0.717, 1.165) is 55.4 Å². The molecule has 5 heteroatoms.